The minimum absolute atomic E-state index is 0.261. The van der Waals surface area contributed by atoms with E-state index in [1.54, 1.807) is 7.11 Å². The van der Waals surface area contributed by atoms with E-state index in [1.165, 1.54) is 12.1 Å². The summed E-state index contributed by atoms with van der Waals surface area (Å²) in [7, 11) is 1.58. The molecule has 0 amide bonds. The molecule has 0 fully saturated rings. The maximum absolute atomic E-state index is 13.2. The lowest BCUT2D eigenvalue weighted by molar-refractivity contribution is -0.0108. The van der Waals surface area contributed by atoms with Crippen molar-refractivity contribution in [2.75, 3.05) is 13.7 Å². The van der Waals surface area contributed by atoms with Crippen LogP contribution in [0.3, 0.4) is 0 Å². The molecule has 0 saturated heterocycles. The Morgan fingerprint density at radius 2 is 1.76 bits per heavy atom. The van der Waals surface area contributed by atoms with E-state index in [-0.39, 0.29) is 6.04 Å². The Hall–Kier alpha value is -1.00. The number of benzene rings is 1. The van der Waals surface area contributed by atoms with E-state index in [0.29, 0.717) is 12.1 Å². The van der Waals surface area contributed by atoms with Crippen molar-refractivity contribution in [1.82, 2.24) is 5.32 Å². The van der Waals surface area contributed by atoms with Crippen LogP contribution in [0.1, 0.15) is 32.4 Å². The molecule has 0 radical (unpaired) electrons. The first-order valence-electron chi connectivity index (χ1n) is 5.65. The van der Waals surface area contributed by atoms with Gasteiger partial charge in [-0.15, -0.1) is 0 Å². The molecule has 1 atom stereocenters. The average Bonchev–Trinajstić information content (AvgIpc) is 2.24. The minimum atomic E-state index is -0.574. The third-order valence-electron chi connectivity index (χ3n) is 2.85. The topological polar surface area (TPSA) is 21.3 Å². The van der Waals surface area contributed by atoms with Gasteiger partial charge in [-0.3, -0.25) is 0 Å². The van der Waals surface area contributed by atoms with Crippen LogP contribution in [-0.2, 0) is 4.74 Å². The number of rotatable bonds is 5. The maximum atomic E-state index is 13.2. The van der Waals surface area contributed by atoms with E-state index in [1.807, 2.05) is 20.8 Å². The van der Waals surface area contributed by atoms with E-state index in [0.717, 1.165) is 6.07 Å². The lowest BCUT2D eigenvalue weighted by Crippen LogP contribution is -2.40. The smallest absolute Gasteiger partial charge is 0.126 e. The highest BCUT2D eigenvalue weighted by Gasteiger charge is 2.30. The highest BCUT2D eigenvalue weighted by atomic mass is 19.1. The van der Waals surface area contributed by atoms with E-state index >= 15 is 0 Å². The summed E-state index contributed by atoms with van der Waals surface area (Å²) in [5, 5.41) is 3.19. The van der Waals surface area contributed by atoms with Gasteiger partial charge in [0.05, 0.1) is 11.6 Å². The molecule has 0 spiro atoms. The van der Waals surface area contributed by atoms with Gasteiger partial charge < -0.3 is 10.1 Å². The van der Waals surface area contributed by atoms with Crippen LogP contribution in [-0.4, -0.2) is 19.3 Å². The molecule has 96 valence electrons. The number of halogens is 2. The summed E-state index contributed by atoms with van der Waals surface area (Å²) in [5.74, 6) is -1.15. The van der Waals surface area contributed by atoms with Crippen molar-refractivity contribution in [3.05, 3.63) is 35.4 Å². The third kappa shape index (κ3) is 3.48. The molecule has 2 nitrogen and oxygen atoms in total. The molecule has 1 rings (SSSR count). The van der Waals surface area contributed by atoms with Gasteiger partial charge in [-0.25, -0.2) is 8.78 Å². The Kier molecular flexibility index (Phi) is 4.60. The second-order valence-electron chi connectivity index (χ2n) is 4.50. The van der Waals surface area contributed by atoms with E-state index in [4.69, 9.17) is 4.74 Å². The second kappa shape index (κ2) is 5.56. The summed E-state index contributed by atoms with van der Waals surface area (Å²) in [5.41, 5.74) is 0.00664. The van der Waals surface area contributed by atoms with Crippen molar-refractivity contribution in [2.45, 2.75) is 32.4 Å². The first-order chi connectivity index (χ1) is 7.90. The van der Waals surface area contributed by atoms with Gasteiger partial charge in [-0.1, -0.05) is 6.92 Å². The molecule has 0 aliphatic heterocycles. The zero-order chi connectivity index (χ0) is 13.1. The second-order valence-corrected chi connectivity index (χ2v) is 4.50. The molecule has 17 heavy (non-hydrogen) atoms. The zero-order valence-corrected chi connectivity index (χ0v) is 10.7. The fourth-order valence-electron chi connectivity index (χ4n) is 1.83. The molecule has 1 N–H and O–H groups in total. The Labute approximate surface area is 101 Å². The summed E-state index contributed by atoms with van der Waals surface area (Å²) < 4.78 is 31.8. The van der Waals surface area contributed by atoms with Gasteiger partial charge in [-0.2, -0.15) is 0 Å². The summed E-state index contributed by atoms with van der Waals surface area (Å²) in [4.78, 5) is 0. The van der Waals surface area contributed by atoms with Gasteiger partial charge in [0.1, 0.15) is 11.6 Å². The van der Waals surface area contributed by atoms with Gasteiger partial charge in [-0.05, 0) is 38.1 Å². The molecule has 1 unspecified atom stereocenters. The summed E-state index contributed by atoms with van der Waals surface area (Å²) in [6, 6.07) is 3.27. The van der Waals surface area contributed by atoms with Gasteiger partial charge in [0.15, 0.2) is 0 Å². The first kappa shape index (κ1) is 14.1. The lowest BCUT2D eigenvalue weighted by Gasteiger charge is -2.34. The SMILES string of the molecule is CCNC(c1cc(F)cc(F)c1)C(C)(C)OC. The van der Waals surface area contributed by atoms with E-state index in [9.17, 15) is 8.78 Å². The molecule has 0 aromatic heterocycles. The standard InChI is InChI=1S/C13H19F2NO/c1-5-16-12(13(2,3)17-4)9-6-10(14)8-11(15)7-9/h6-8,12,16H,5H2,1-4H3. The number of methoxy groups -OCH3 is 1. The fourth-order valence-corrected chi connectivity index (χ4v) is 1.83. The van der Waals surface area contributed by atoms with Crippen molar-refractivity contribution >= 4 is 0 Å². The Balaban J connectivity index is 3.13. The Morgan fingerprint density at radius 1 is 1.24 bits per heavy atom. The normalized spacial score (nSPS) is 13.8. The lowest BCUT2D eigenvalue weighted by atomic mass is 9.91. The Morgan fingerprint density at radius 3 is 2.18 bits per heavy atom. The molecule has 0 bridgehead atoms. The van der Waals surface area contributed by atoms with Crippen LogP contribution in [0, 0.1) is 11.6 Å². The molecule has 1 aromatic rings. The van der Waals surface area contributed by atoms with E-state index < -0.39 is 17.2 Å². The van der Waals surface area contributed by atoms with E-state index in [2.05, 4.69) is 5.32 Å². The van der Waals surface area contributed by atoms with Crippen molar-refractivity contribution in [3.8, 4) is 0 Å². The highest BCUT2D eigenvalue weighted by Crippen LogP contribution is 2.29. The monoisotopic (exact) mass is 243 g/mol. The maximum Gasteiger partial charge on any atom is 0.126 e. The predicted molar refractivity (Wildman–Crippen MR) is 63.9 cm³/mol. The van der Waals surface area contributed by atoms with Crippen molar-refractivity contribution in [1.29, 1.82) is 0 Å². The Bertz CT molecular complexity index is 359. The van der Waals surface area contributed by atoms with Crippen LogP contribution in [0.15, 0.2) is 18.2 Å². The molecular weight excluding hydrogens is 224 g/mol. The molecule has 0 saturated carbocycles. The molecule has 0 aliphatic rings. The van der Waals surface area contributed by atoms with Gasteiger partial charge in [0.25, 0.3) is 0 Å². The first-order valence-corrected chi connectivity index (χ1v) is 5.65. The minimum Gasteiger partial charge on any atom is -0.377 e. The van der Waals surface area contributed by atoms with Crippen LogP contribution in [0.25, 0.3) is 0 Å². The van der Waals surface area contributed by atoms with Crippen LogP contribution >= 0.6 is 0 Å². The molecular formula is C13H19F2NO. The molecule has 4 heteroatoms. The predicted octanol–water partition coefficient (Wildman–Crippen LogP) is 3.04. The van der Waals surface area contributed by atoms with Gasteiger partial charge in [0, 0.05) is 13.2 Å². The van der Waals surface area contributed by atoms with Gasteiger partial charge >= 0.3 is 0 Å². The van der Waals surface area contributed by atoms with Crippen molar-refractivity contribution in [3.63, 3.8) is 0 Å². The van der Waals surface area contributed by atoms with Crippen LogP contribution in [0.2, 0.25) is 0 Å². The van der Waals surface area contributed by atoms with Gasteiger partial charge in [0.2, 0.25) is 0 Å². The summed E-state index contributed by atoms with van der Waals surface area (Å²) in [6.45, 7) is 6.39. The fraction of sp³-hybridized carbons (Fsp3) is 0.538. The highest BCUT2D eigenvalue weighted by molar-refractivity contribution is 5.24. The zero-order valence-electron chi connectivity index (χ0n) is 10.7. The number of hydrogen-bond acceptors (Lipinski definition) is 2. The summed E-state index contributed by atoms with van der Waals surface area (Å²) in [6.07, 6.45) is 0. The van der Waals surface area contributed by atoms with Crippen molar-refractivity contribution in [2.24, 2.45) is 0 Å². The van der Waals surface area contributed by atoms with Crippen LogP contribution in [0.5, 0.6) is 0 Å². The third-order valence-corrected chi connectivity index (χ3v) is 2.85. The van der Waals surface area contributed by atoms with Crippen LogP contribution in [0.4, 0.5) is 8.78 Å². The van der Waals surface area contributed by atoms with Crippen molar-refractivity contribution < 1.29 is 13.5 Å². The largest absolute Gasteiger partial charge is 0.377 e. The number of likely N-dealkylation sites (N-methyl/N-ethyl adjacent to an activating group) is 1. The quantitative estimate of drug-likeness (QED) is 0.858. The number of ether oxygens (including phenoxy) is 1. The number of hydrogen-bond donors (Lipinski definition) is 1. The number of nitrogens with one attached hydrogen (secondary N) is 1. The average molecular weight is 243 g/mol. The molecule has 0 heterocycles. The summed E-state index contributed by atoms with van der Waals surface area (Å²) >= 11 is 0. The van der Waals surface area contributed by atoms with Crippen LogP contribution < -0.4 is 5.32 Å². The molecule has 1 aromatic carbocycles. The molecule has 0 aliphatic carbocycles.